The van der Waals surface area contributed by atoms with Gasteiger partial charge in [0.25, 0.3) is 0 Å². The van der Waals surface area contributed by atoms with Crippen LogP contribution < -0.4 is 10.6 Å². The van der Waals surface area contributed by atoms with Gasteiger partial charge in [-0.1, -0.05) is 24.3 Å². The minimum Gasteiger partial charge on any atom is -0.481 e. The van der Waals surface area contributed by atoms with E-state index >= 15 is 0 Å². The number of carboxylic acids is 1. The highest BCUT2D eigenvalue weighted by Gasteiger charge is 2.16. The maximum Gasteiger partial charge on any atom is 0.307 e. The number of carboxylic acid groups (broad SMARTS) is 1. The zero-order valence-electron chi connectivity index (χ0n) is 10.7. The van der Waals surface area contributed by atoms with Crippen LogP contribution in [0, 0.1) is 0 Å². The minimum atomic E-state index is -0.816. The highest BCUT2D eigenvalue weighted by Crippen LogP contribution is 2.07. The Bertz CT molecular complexity index is 446. The molecule has 19 heavy (non-hydrogen) atoms. The fourth-order valence-electron chi connectivity index (χ4n) is 2.12. The summed E-state index contributed by atoms with van der Waals surface area (Å²) in [4.78, 5) is 21.6. The number of amides is 1. The second kappa shape index (κ2) is 6.33. The van der Waals surface area contributed by atoms with Crippen LogP contribution in [0.3, 0.4) is 0 Å². The standard InChI is InChI=1S/C14H18N2O3/c17-13-6-5-12(9-16-13)15-8-11-3-1-10(2-4-11)7-14(18)19/h1-4,12,15H,5-9H2,(H,16,17)(H,18,19). The van der Waals surface area contributed by atoms with E-state index in [0.717, 1.165) is 24.1 Å². The molecule has 1 aliphatic heterocycles. The molecule has 1 atom stereocenters. The van der Waals surface area contributed by atoms with E-state index in [0.29, 0.717) is 19.0 Å². The van der Waals surface area contributed by atoms with E-state index in [-0.39, 0.29) is 12.3 Å². The summed E-state index contributed by atoms with van der Waals surface area (Å²) in [5.74, 6) is -0.695. The lowest BCUT2D eigenvalue weighted by atomic mass is 10.1. The number of rotatable bonds is 5. The molecule has 1 unspecified atom stereocenters. The maximum absolute atomic E-state index is 11.0. The monoisotopic (exact) mass is 262 g/mol. The van der Waals surface area contributed by atoms with Gasteiger partial charge in [0, 0.05) is 25.6 Å². The molecule has 102 valence electrons. The van der Waals surface area contributed by atoms with Gasteiger partial charge in [0.1, 0.15) is 0 Å². The molecule has 1 aliphatic rings. The minimum absolute atomic E-state index is 0.0579. The predicted octanol–water partition coefficient (Wildman–Crippen LogP) is 0.682. The average molecular weight is 262 g/mol. The molecule has 0 saturated carbocycles. The lowest BCUT2D eigenvalue weighted by molar-refractivity contribution is -0.136. The summed E-state index contributed by atoms with van der Waals surface area (Å²) in [6, 6.07) is 7.87. The van der Waals surface area contributed by atoms with Crippen LogP contribution in [0.2, 0.25) is 0 Å². The Morgan fingerprint density at radius 3 is 2.58 bits per heavy atom. The topological polar surface area (TPSA) is 78.4 Å². The summed E-state index contributed by atoms with van der Waals surface area (Å²) in [6.07, 6.45) is 1.50. The number of hydrogen-bond acceptors (Lipinski definition) is 3. The van der Waals surface area contributed by atoms with Gasteiger partial charge in [0.2, 0.25) is 5.91 Å². The first kappa shape index (κ1) is 13.5. The third-order valence-corrected chi connectivity index (χ3v) is 3.24. The Labute approximate surface area is 112 Å². The SMILES string of the molecule is O=C(O)Cc1ccc(CNC2CCC(=O)NC2)cc1. The molecule has 2 rings (SSSR count). The van der Waals surface area contributed by atoms with Crippen LogP contribution in [0.25, 0.3) is 0 Å². The quantitative estimate of drug-likeness (QED) is 0.729. The van der Waals surface area contributed by atoms with Crippen LogP contribution in [-0.4, -0.2) is 29.6 Å². The van der Waals surface area contributed by atoms with Gasteiger partial charge < -0.3 is 15.7 Å². The van der Waals surface area contributed by atoms with Crippen molar-refractivity contribution in [3.63, 3.8) is 0 Å². The normalized spacial score (nSPS) is 18.9. The van der Waals surface area contributed by atoms with Crippen molar-refractivity contribution in [3.05, 3.63) is 35.4 Å². The van der Waals surface area contributed by atoms with Crippen molar-refractivity contribution in [2.24, 2.45) is 0 Å². The molecule has 1 amide bonds. The Morgan fingerprint density at radius 2 is 2.00 bits per heavy atom. The van der Waals surface area contributed by atoms with Gasteiger partial charge in [-0.15, -0.1) is 0 Å². The summed E-state index contributed by atoms with van der Waals surface area (Å²) in [7, 11) is 0. The lowest BCUT2D eigenvalue weighted by Gasteiger charge is -2.23. The molecular weight excluding hydrogens is 244 g/mol. The van der Waals surface area contributed by atoms with E-state index in [9.17, 15) is 9.59 Å². The Hall–Kier alpha value is -1.88. The number of nitrogens with one attached hydrogen (secondary N) is 2. The Kier molecular flexibility index (Phi) is 4.52. The molecule has 0 spiro atoms. The number of piperidine rings is 1. The third kappa shape index (κ3) is 4.37. The van der Waals surface area contributed by atoms with Crippen LogP contribution in [0.15, 0.2) is 24.3 Å². The molecule has 0 radical (unpaired) electrons. The van der Waals surface area contributed by atoms with Crippen molar-refractivity contribution >= 4 is 11.9 Å². The lowest BCUT2D eigenvalue weighted by Crippen LogP contribution is -2.45. The van der Waals surface area contributed by atoms with E-state index in [1.165, 1.54) is 0 Å². The number of hydrogen-bond donors (Lipinski definition) is 3. The Balaban J connectivity index is 1.79. The fraction of sp³-hybridized carbons (Fsp3) is 0.429. The van der Waals surface area contributed by atoms with Crippen molar-refractivity contribution in [2.75, 3.05) is 6.54 Å². The molecule has 0 aromatic heterocycles. The summed E-state index contributed by atoms with van der Waals surface area (Å²) in [5.41, 5.74) is 1.92. The molecule has 1 saturated heterocycles. The van der Waals surface area contributed by atoms with E-state index in [1.54, 1.807) is 0 Å². The zero-order chi connectivity index (χ0) is 13.7. The average Bonchev–Trinajstić information content (AvgIpc) is 2.39. The van der Waals surface area contributed by atoms with E-state index < -0.39 is 5.97 Å². The van der Waals surface area contributed by atoms with Crippen LogP contribution >= 0.6 is 0 Å². The molecule has 1 aromatic carbocycles. The van der Waals surface area contributed by atoms with Crippen LogP contribution in [0.5, 0.6) is 0 Å². The second-order valence-corrected chi connectivity index (χ2v) is 4.81. The molecule has 1 aromatic rings. The fourth-order valence-corrected chi connectivity index (χ4v) is 2.12. The van der Waals surface area contributed by atoms with Crippen molar-refractivity contribution in [2.45, 2.75) is 31.8 Å². The van der Waals surface area contributed by atoms with Crippen molar-refractivity contribution in [3.8, 4) is 0 Å². The van der Waals surface area contributed by atoms with E-state index in [2.05, 4.69) is 10.6 Å². The molecule has 1 heterocycles. The Morgan fingerprint density at radius 1 is 1.32 bits per heavy atom. The predicted molar refractivity (Wildman–Crippen MR) is 70.7 cm³/mol. The summed E-state index contributed by atoms with van der Waals surface area (Å²) in [6.45, 7) is 1.41. The number of aliphatic carboxylic acids is 1. The molecule has 0 aliphatic carbocycles. The smallest absolute Gasteiger partial charge is 0.307 e. The summed E-state index contributed by atoms with van der Waals surface area (Å²) in [5, 5.41) is 14.9. The van der Waals surface area contributed by atoms with Gasteiger partial charge >= 0.3 is 5.97 Å². The van der Waals surface area contributed by atoms with Crippen molar-refractivity contribution in [1.29, 1.82) is 0 Å². The molecular formula is C14H18N2O3. The van der Waals surface area contributed by atoms with Gasteiger partial charge in [-0.2, -0.15) is 0 Å². The number of carbonyl (C=O) groups is 2. The highest BCUT2D eigenvalue weighted by atomic mass is 16.4. The van der Waals surface area contributed by atoms with Gasteiger partial charge in [-0.3, -0.25) is 9.59 Å². The van der Waals surface area contributed by atoms with Crippen LogP contribution in [0.4, 0.5) is 0 Å². The van der Waals surface area contributed by atoms with E-state index in [4.69, 9.17) is 5.11 Å². The number of benzene rings is 1. The second-order valence-electron chi connectivity index (χ2n) is 4.81. The first-order valence-electron chi connectivity index (χ1n) is 6.43. The first-order chi connectivity index (χ1) is 9.13. The molecule has 0 bridgehead atoms. The molecule has 1 fully saturated rings. The molecule has 3 N–H and O–H groups in total. The largest absolute Gasteiger partial charge is 0.481 e. The summed E-state index contributed by atoms with van der Waals surface area (Å²) >= 11 is 0. The highest BCUT2D eigenvalue weighted by molar-refractivity contribution is 5.76. The third-order valence-electron chi connectivity index (χ3n) is 3.24. The maximum atomic E-state index is 11.0. The van der Waals surface area contributed by atoms with Crippen molar-refractivity contribution in [1.82, 2.24) is 10.6 Å². The first-order valence-corrected chi connectivity index (χ1v) is 6.43. The summed E-state index contributed by atoms with van der Waals surface area (Å²) < 4.78 is 0. The van der Waals surface area contributed by atoms with Crippen LogP contribution in [-0.2, 0) is 22.6 Å². The molecule has 5 heteroatoms. The van der Waals surface area contributed by atoms with Gasteiger partial charge in [0.15, 0.2) is 0 Å². The number of carbonyl (C=O) groups excluding carboxylic acids is 1. The van der Waals surface area contributed by atoms with Gasteiger partial charge in [0.05, 0.1) is 6.42 Å². The van der Waals surface area contributed by atoms with E-state index in [1.807, 2.05) is 24.3 Å². The zero-order valence-corrected chi connectivity index (χ0v) is 10.7. The van der Waals surface area contributed by atoms with Crippen molar-refractivity contribution < 1.29 is 14.7 Å². The van der Waals surface area contributed by atoms with Crippen LogP contribution in [0.1, 0.15) is 24.0 Å². The van der Waals surface area contributed by atoms with Gasteiger partial charge in [-0.05, 0) is 17.5 Å². The van der Waals surface area contributed by atoms with Gasteiger partial charge in [-0.25, -0.2) is 0 Å². The molecule has 5 nitrogen and oxygen atoms in total.